The summed E-state index contributed by atoms with van der Waals surface area (Å²) in [4.78, 5) is 3.79. The fourth-order valence-electron chi connectivity index (χ4n) is 1.49. The predicted molar refractivity (Wildman–Crippen MR) is 64.8 cm³/mol. The molecule has 0 aromatic carbocycles. The van der Waals surface area contributed by atoms with Crippen LogP contribution >= 0.6 is 11.6 Å². The standard InChI is InChI=1S/C11H10ClF3N4/c1-19-3-2-8(18-19)6-16-10-5-7(11(13,14)15)4-9(12)17-10/h2-5H,6H2,1H3,(H,16,17). The maximum absolute atomic E-state index is 12.6. The molecule has 0 unspecified atom stereocenters. The Morgan fingerprint density at radius 2 is 2.11 bits per heavy atom. The van der Waals surface area contributed by atoms with Gasteiger partial charge in [-0.15, -0.1) is 0 Å². The molecule has 19 heavy (non-hydrogen) atoms. The fraction of sp³-hybridized carbons (Fsp3) is 0.273. The van der Waals surface area contributed by atoms with E-state index in [9.17, 15) is 13.2 Å². The zero-order valence-electron chi connectivity index (χ0n) is 9.87. The summed E-state index contributed by atoms with van der Waals surface area (Å²) in [7, 11) is 1.75. The van der Waals surface area contributed by atoms with Crippen molar-refractivity contribution in [2.45, 2.75) is 12.7 Å². The Morgan fingerprint density at radius 3 is 2.68 bits per heavy atom. The van der Waals surface area contributed by atoms with E-state index < -0.39 is 11.7 Å². The van der Waals surface area contributed by atoms with E-state index in [4.69, 9.17) is 11.6 Å². The lowest BCUT2D eigenvalue weighted by atomic mass is 10.2. The van der Waals surface area contributed by atoms with Crippen molar-refractivity contribution in [3.05, 3.63) is 40.8 Å². The molecule has 0 aliphatic heterocycles. The van der Waals surface area contributed by atoms with Gasteiger partial charge in [0.2, 0.25) is 0 Å². The van der Waals surface area contributed by atoms with Crippen molar-refractivity contribution in [1.82, 2.24) is 14.8 Å². The second-order valence-electron chi connectivity index (χ2n) is 3.90. The van der Waals surface area contributed by atoms with E-state index in [1.807, 2.05) is 0 Å². The number of alkyl halides is 3. The molecule has 0 atom stereocenters. The zero-order chi connectivity index (χ0) is 14.0. The average Bonchev–Trinajstić information content (AvgIpc) is 2.71. The zero-order valence-corrected chi connectivity index (χ0v) is 10.6. The number of anilines is 1. The van der Waals surface area contributed by atoms with E-state index in [-0.39, 0.29) is 17.5 Å². The third-order valence-electron chi connectivity index (χ3n) is 2.34. The van der Waals surface area contributed by atoms with Crippen LogP contribution in [0.5, 0.6) is 0 Å². The molecule has 2 rings (SSSR count). The van der Waals surface area contributed by atoms with Crippen molar-refractivity contribution in [2.24, 2.45) is 7.05 Å². The molecule has 0 saturated carbocycles. The topological polar surface area (TPSA) is 42.7 Å². The highest BCUT2D eigenvalue weighted by molar-refractivity contribution is 6.29. The average molecular weight is 291 g/mol. The van der Waals surface area contributed by atoms with Crippen molar-refractivity contribution in [2.75, 3.05) is 5.32 Å². The highest BCUT2D eigenvalue weighted by Gasteiger charge is 2.31. The van der Waals surface area contributed by atoms with Gasteiger partial charge in [-0.3, -0.25) is 4.68 Å². The summed E-state index contributed by atoms with van der Waals surface area (Å²) < 4.78 is 39.4. The number of aromatic nitrogens is 3. The van der Waals surface area contributed by atoms with Gasteiger partial charge in [0.05, 0.1) is 17.8 Å². The van der Waals surface area contributed by atoms with E-state index in [0.717, 1.165) is 12.1 Å². The molecule has 2 aromatic heterocycles. The molecule has 1 N–H and O–H groups in total. The van der Waals surface area contributed by atoms with Gasteiger partial charge in [-0.1, -0.05) is 11.6 Å². The molecule has 8 heteroatoms. The number of hydrogen-bond donors (Lipinski definition) is 1. The van der Waals surface area contributed by atoms with Crippen LogP contribution in [-0.4, -0.2) is 14.8 Å². The lowest BCUT2D eigenvalue weighted by Gasteiger charge is -2.10. The Bertz CT molecular complexity index is 580. The molecule has 0 saturated heterocycles. The van der Waals surface area contributed by atoms with Gasteiger partial charge >= 0.3 is 6.18 Å². The van der Waals surface area contributed by atoms with Crippen LogP contribution in [0.3, 0.4) is 0 Å². The number of hydrogen-bond acceptors (Lipinski definition) is 3. The first-order valence-corrected chi connectivity index (χ1v) is 5.69. The smallest absolute Gasteiger partial charge is 0.364 e. The highest BCUT2D eigenvalue weighted by atomic mass is 35.5. The number of rotatable bonds is 3. The minimum absolute atomic E-state index is 0.0606. The number of pyridine rings is 1. The summed E-state index contributed by atoms with van der Waals surface area (Å²) >= 11 is 5.57. The molecule has 0 bridgehead atoms. The third-order valence-corrected chi connectivity index (χ3v) is 2.53. The number of nitrogens with one attached hydrogen (secondary N) is 1. The Labute approximate surface area is 112 Å². The first-order valence-electron chi connectivity index (χ1n) is 5.32. The molecule has 0 amide bonds. The van der Waals surface area contributed by atoms with Crippen LogP contribution in [0.2, 0.25) is 5.15 Å². The van der Waals surface area contributed by atoms with Crippen LogP contribution in [-0.2, 0) is 19.8 Å². The maximum Gasteiger partial charge on any atom is 0.416 e. The first-order chi connectivity index (χ1) is 8.84. The number of nitrogens with zero attached hydrogens (tertiary/aromatic N) is 3. The minimum Gasteiger partial charge on any atom is -0.364 e. The van der Waals surface area contributed by atoms with Crippen LogP contribution < -0.4 is 5.32 Å². The maximum atomic E-state index is 12.6. The van der Waals surface area contributed by atoms with Crippen molar-refractivity contribution < 1.29 is 13.2 Å². The van der Waals surface area contributed by atoms with Crippen LogP contribution in [0.25, 0.3) is 0 Å². The molecular formula is C11H10ClF3N4. The van der Waals surface area contributed by atoms with E-state index in [2.05, 4.69) is 15.4 Å². The summed E-state index contributed by atoms with van der Waals surface area (Å²) in [6.45, 7) is 0.269. The van der Waals surface area contributed by atoms with E-state index >= 15 is 0 Å². The van der Waals surface area contributed by atoms with Crippen molar-refractivity contribution in [3.8, 4) is 0 Å². The molecular weight excluding hydrogens is 281 g/mol. The molecule has 2 heterocycles. The van der Waals surface area contributed by atoms with Gasteiger partial charge in [-0.25, -0.2) is 4.98 Å². The summed E-state index contributed by atoms with van der Waals surface area (Å²) in [5, 5.41) is 6.64. The number of halogens is 4. The summed E-state index contributed by atoms with van der Waals surface area (Å²) in [6.07, 6.45) is -2.71. The van der Waals surface area contributed by atoms with Crippen LogP contribution in [0.1, 0.15) is 11.3 Å². The van der Waals surface area contributed by atoms with Gasteiger partial charge in [0.25, 0.3) is 0 Å². The molecule has 4 nitrogen and oxygen atoms in total. The molecule has 0 radical (unpaired) electrons. The Hall–Kier alpha value is -1.76. The lowest BCUT2D eigenvalue weighted by Crippen LogP contribution is -2.08. The SMILES string of the molecule is Cn1ccc(CNc2cc(C(F)(F)F)cc(Cl)n2)n1. The fourth-order valence-corrected chi connectivity index (χ4v) is 1.70. The van der Waals surface area contributed by atoms with Crippen molar-refractivity contribution in [3.63, 3.8) is 0 Å². The van der Waals surface area contributed by atoms with E-state index in [1.54, 1.807) is 24.0 Å². The monoisotopic (exact) mass is 290 g/mol. The predicted octanol–water partition coefficient (Wildman–Crippen LogP) is 3.10. The molecule has 102 valence electrons. The van der Waals surface area contributed by atoms with Crippen molar-refractivity contribution >= 4 is 17.4 Å². The second-order valence-corrected chi connectivity index (χ2v) is 4.28. The van der Waals surface area contributed by atoms with Gasteiger partial charge in [0.1, 0.15) is 11.0 Å². The van der Waals surface area contributed by atoms with Gasteiger partial charge in [-0.05, 0) is 18.2 Å². The minimum atomic E-state index is -4.45. The summed E-state index contributed by atoms with van der Waals surface area (Å²) in [5.41, 5.74) is -0.145. The lowest BCUT2D eigenvalue weighted by molar-refractivity contribution is -0.137. The first kappa shape index (κ1) is 13.7. The third kappa shape index (κ3) is 3.60. The second kappa shape index (κ2) is 5.08. The van der Waals surface area contributed by atoms with Gasteiger partial charge in [0.15, 0.2) is 0 Å². The summed E-state index contributed by atoms with van der Waals surface area (Å²) in [6, 6.07) is 3.45. The molecule has 0 fully saturated rings. The van der Waals surface area contributed by atoms with E-state index in [1.165, 1.54) is 0 Å². The van der Waals surface area contributed by atoms with Crippen LogP contribution in [0.4, 0.5) is 19.0 Å². The van der Waals surface area contributed by atoms with Gasteiger partial charge < -0.3 is 5.32 Å². The highest BCUT2D eigenvalue weighted by Crippen LogP contribution is 2.31. The van der Waals surface area contributed by atoms with Gasteiger partial charge in [0, 0.05) is 13.2 Å². The van der Waals surface area contributed by atoms with Crippen LogP contribution in [0, 0.1) is 0 Å². The number of aryl methyl sites for hydroxylation is 1. The van der Waals surface area contributed by atoms with Crippen molar-refractivity contribution in [1.29, 1.82) is 0 Å². The Morgan fingerprint density at radius 1 is 1.37 bits per heavy atom. The summed E-state index contributed by atoms with van der Waals surface area (Å²) in [5.74, 6) is 0.0606. The normalized spacial score (nSPS) is 11.6. The van der Waals surface area contributed by atoms with E-state index in [0.29, 0.717) is 5.69 Å². The van der Waals surface area contributed by atoms with Crippen LogP contribution in [0.15, 0.2) is 24.4 Å². The molecule has 2 aromatic rings. The molecule has 0 aliphatic rings. The van der Waals surface area contributed by atoms with Gasteiger partial charge in [-0.2, -0.15) is 18.3 Å². The Balaban J connectivity index is 2.14. The Kier molecular flexibility index (Phi) is 3.66. The largest absolute Gasteiger partial charge is 0.416 e. The molecule has 0 spiro atoms. The quantitative estimate of drug-likeness (QED) is 0.883. The molecule has 0 aliphatic carbocycles.